The van der Waals surface area contributed by atoms with Crippen LogP contribution in [-0.2, 0) is 16.1 Å². The Balaban J connectivity index is 1.40. The second-order valence-corrected chi connectivity index (χ2v) is 9.26. The molecule has 3 aromatic carbocycles. The molecule has 1 atom stereocenters. The van der Waals surface area contributed by atoms with Gasteiger partial charge in [0.25, 0.3) is 0 Å². The molecule has 8 heteroatoms. The minimum Gasteiger partial charge on any atom is -0.497 e. The van der Waals surface area contributed by atoms with Crippen molar-refractivity contribution in [2.75, 3.05) is 45.8 Å². The number of nitrogens with zero attached hydrogens (tertiary/aromatic N) is 3. The molecule has 0 fully saturated rings. The van der Waals surface area contributed by atoms with Gasteiger partial charge >= 0.3 is 6.03 Å². The fourth-order valence-corrected chi connectivity index (χ4v) is 5.05. The van der Waals surface area contributed by atoms with E-state index in [2.05, 4.69) is 9.88 Å². The van der Waals surface area contributed by atoms with Crippen LogP contribution in [0.25, 0.3) is 10.8 Å². The lowest BCUT2D eigenvalue weighted by Crippen LogP contribution is -2.49. The molecule has 4 aromatic rings. The first-order chi connectivity index (χ1) is 18.6. The smallest absolute Gasteiger partial charge is 0.322 e. The zero-order valence-corrected chi connectivity index (χ0v) is 21.7. The third-order valence-electron chi connectivity index (χ3n) is 6.98. The maximum atomic E-state index is 13.8. The molecule has 1 aliphatic heterocycles. The molecule has 1 aromatic heterocycles. The number of amides is 3. The highest BCUT2D eigenvalue weighted by Crippen LogP contribution is 2.34. The van der Waals surface area contributed by atoms with Gasteiger partial charge in [0.15, 0.2) is 0 Å². The van der Waals surface area contributed by atoms with Crippen molar-refractivity contribution in [2.45, 2.75) is 12.6 Å². The van der Waals surface area contributed by atoms with Gasteiger partial charge in [-0.3, -0.25) is 4.79 Å². The highest BCUT2D eigenvalue weighted by molar-refractivity contribution is 6.02. The Morgan fingerprint density at radius 1 is 0.974 bits per heavy atom. The number of benzene rings is 3. The molecule has 0 saturated heterocycles. The standard InChI is InChI=1S/C30H32N4O4/c1-37-19-18-33(30(36)31-26-13-6-9-22-8-3-4-12-25(22)26)21-28(35)34-17-16-32-15-7-14-27(32)29(34)23-10-5-11-24(20-23)38-2/h3-15,20,29H,16-19,21H2,1-2H3,(H,31,36). The zero-order valence-electron chi connectivity index (χ0n) is 21.7. The van der Waals surface area contributed by atoms with E-state index in [1.54, 1.807) is 14.2 Å². The summed E-state index contributed by atoms with van der Waals surface area (Å²) in [4.78, 5) is 30.6. The number of hydrogen-bond donors (Lipinski definition) is 1. The maximum Gasteiger partial charge on any atom is 0.322 e. The third-order valence-corrected chi connectivity index (χ3v) is 6.98. The molecule has 5 rings (SSSR count). The van der Waals surface area contributed by atoms with Crippen molar-refractivity contribution in [3.8, 4) is 5.75 Å². The van der Waals surface area contributed by atoms with Gasteiger partial charge in [-0.15, -0.1) is 0 Å². The van der Waals surface area contributed by atoms with Gasteiger partial charge in [0.1, 0.15) is 12.3 Å². The van der Waals surface area contributed by atoms with E-state index < -0.39 is 0 Å². The zero-order chi connectivity index (χ0) is 26.5. The average molecular weight is 513 g/mol. The van der Waals surface area contributed by atoms with Crippen LogP contribution < -0.4 is 10.1 Å². The van der Waals surface area contributed by atoms with Gasteiger partial charge in [-0.2, -0.15) is 0 Å². The lowest BCUT2D eigenvalue weighted by molar-refractivity contribution is -0.134. The molecule has 0 radical (unpaired) electrons. The van der Waals surface area contributed by atoms with Gasteiger partial charge in [-0.1, -0.05) is 48.5 Å². The fourth-order valence-electron chi connectivity index (χ4n) is 5.05. The Hall–Kier alpha value is -4.30. The molecule has 3 amide bonds. The van der Waals surface area contributed by atoms with Crippen molar-refractivity contribution in [2.24, 2.45) is 0 Å². The molecule has 0 bridgehead atoms. The van der Waals surface area contributed by atoms with Crippen LogP contribution in [0.1, 0.15) is 17.3 Å². The first-order valence-corrected chi connectivity index (χ1v) is 12.7. The van der Waals surface area contributed by atoms with Gasteiger partial charge in [-0.25, -0.2) is 4.79 Å². The Labute approximate surface area is 222 Å². The summed E-state index contributed by atoms with van der Waals surface area (Å²) >= 11 is 0. The predicted molar refractivity (Wildman–Crippen MR) is 147 cm³/mol. The molecular weight excluding hydrogens is 480 g/mol. The molecular formula is C30H32N4O4. The van der Waals surface area contributed by atoms with Gasteiger partial charge in [-0.05, 0) is 41.3 Å². The Morgan fingerprint density at radius 3 is 2.63 bits per heavy atom. The predicted octanol–water partition coefficient (Wildman–Crippen LogP) is 4.76. The minimum absolute atomic E-state index is 0.0683. The summed E-state index contributed by atoms with van der Waals surface area (Å²) in [6.07, 6.45) is 2.03. The number of fused-ring (bicyclic) bond motifs is 2. The van der Waals surface area contributed by atoms with E-state index in [0.717, 1.165) is 27.8 Å². The number of carbonyl (C=O) groups excluding carboxylic acids is 2. The Kier molecular flexibility index (Phi) is 7.60. The summed E-state index contributed by atoms with van der Waals surface area (Å²) in [6, 6.07) is 24.9. The summed E-state index contributed by atoms with van der Waals surface area (Å²) in [5.41, 5.74) is 2.69. The third kappa shape index (κ3) is 5.21. The normalized spacial score (nSPS) is 14.7. The van der Waals surface area contributed by atoms with Crippen LogP contribution in [-0.4, -0.2) is 66.8 Å². The van der Waals surface area contributed by atoms with Crippen molar-refractivity contribution < 1.29 is 19.1 Å². The number of anilines is 1. The van der Waals surface area contributed by atoms with Crippen LogP contribution in [0.2, 0.25) is 0 Å². The van der Waals surface area contributed by atoms with Crippen LogP contribution in [0.3, 0.4) is 0 Å². The second-order valence-electron chi connectivity index (χ2n) is 9.26. The van der Waals surface area contributed by atoms with Crippen LogP contribution in [0, 0.1) is 0 Å². The molecule has 8 nitrogen and oxygen atoms in total. The highest BCUT2D eigenvalue weighted by atomic mass is 16.5. The summed E-state index contributed by atoms with van der Waals surface area (Å²) < 4.78 is 12.9. The van der Waals surface area contributed by atoms with E-state index in [1.807, 2.05) is 90.0 Å². The topological polar surface area (TPSA) is 76.0 Å². The van der Waals surface area contributed by atoms with E-state index in [4.69, 9.17) is 9.47 Å². The molecule has 38 heavy (non-hydrogen) atoms. The van der Waals surface area contributed by atoms with Crippen LogP contribution in [0.5, 0.6) is 5.75 Å². The number of nitrogens with one attached hydrogen (secondary N) is 1. The number of urea groups is 1. The first-order valence-electron chi connectivity index (χ1n) is 12.7. The van der Waals surface area contributed by atoms with Crippen LogP contribution in [0.4, 0.5) is 10.5 Å². The van der Waals surface area contributed by atoms with Gasteiger partial charge in [0.2, 0.25) is 5.91 Å². The first kappa shape index (κ1) is 25.4. The molecule has 0 saturated carbocycles. The summed E-state index contributed by atoms with van der Waals surface area (Å²) in [7, 11) is 3.22. The number of methoxy groups -OCH3 is 2. The molecule has 0 aliphatic carbocycles. The summed E-state index contributed by atoms with van der Waals surface area (Å²) in [6.45, 7) is 1.76. The number of ether oxygens (including phenoxy) is 2. The van der Waals surface area contributed by atoms with E-state index in [-0.39, 0.29) is 31.1 Å². The fraction of sp³-hybridized carbons (Fsp3) is 0.267. The van der Waals surface area contributed by atoms with Gasteiger partial charge in [0.05, 0.1) is 25.4 Å². The lowest BCUT2D eigenvalue weighted by Gasteiger charge is -2.38. The minimum atomic E-state index is -0.343. The summed E-state index contributed by atoms with van der Waals surface area (Å²) in [5, 5.41) is 4.98. The lowest BCUT2D eigenvalue weighted by atomic mass is 9.99. The monoisotopic (exact) mass is 512 g/mol. The van der Waals surface area contributed by atoms with E-state index in [9.17, 15) is 9.59 Å². The van der Waals surface area contributed by atoms with Crippen molar-refractivity contribution in [3.05, 3.63) is 96.3 Å². The molecule has 0 spiro atoms. The maximum absolute atomic E-state index is 13.8. The van der Waals surface area contributed by atoms with Crippen molar-refractivity contribution in [3.63, 3.8) is 0 Å². The van der Waals surface area contributed by atoms with E-state index in [0.29, 0.717) is 25.4 Å². The van der Waals surface area contributed by atoms with Crippen molar-refractivity contribution in [1.82, 2.24) is 14.4 Å². The quantitative estimate of drug-likeness (QED) is 0.369. The van der Waals surface area contributed by atoms with Crippen molar-refractivity contribution in [1.29, 1.82) is 0 Å². The van der Waals surface area contributed by atoms with Crippen LogP contribution >= 0.6 is 0 Å². The molecule has 2 heterocycles. The SMILES string of the molecule is COCCN(CC(=O)N1CCn2cccc2C1c1cccc(OC)c1)C(=O)Nc1cccc2ccccc12. The number of hydrogen-bond acceptors (Lipinski definition) is 4. The number of carbonyl (C=O) groups is 2. The van der Waals surface area contributed by atoms with Gasteiger partial charge < -0.3 is 29.2 Å². The summed E-state index contributed by atoms with van der Waals surface area (Å²) in [5.74, 6) is 0.601. The molecule has 1 aliphatic rings. The molecule has 196 valence electrons. The molecule has 1 unspecified atom stereocenters. The highest BCUT2D eigenvalue weighted by Gasteiger charge is 2.33. The van der Waals surface area contributed by atoms with E-state index >= 15 is 0 Å². The number of aromatic nitrogens is 1. The van der Waals surface area contributed by atoms with E-state index in [1.165, 1.54) is 4.90 Å². The Bertz CT molecular complexity index is 1430. The Morgan fingerprint density at radius 2 is 1.79 bits per heavy atom. The van der Waals surface area contributed by atoms with Crippen LogP contribution in [0.15, 0.2) is 85.1 Å². The largest absolute Gasteiger partial charge is 0.497 e. The average Bonchev–Trinajstić information content (AvgIpc) is 3.44. The second kappa shape index (κ2) is 11.4. The van der Waals surface area contributed by atoms with Gasteiger partial charge in [0, 0.05) is 44.0 Å². The number of rotatable bonds is 8. The molecule has 1 N–H and O–H groups in total. The van der Waals surface area contributed by atoms with Crippen molar-refractivity contribution >= 4 is 28.4 Å².